The molecule has 1 heterocycles. The van der Waals surface area contributed by atoms with Gasteiger partial charge in [0.2, 0.25) is 11.8 Å². The molecule has 2 aromatic carbocycles. The van der Waals surface area contributed by atoms with E-state index in [1.807, 2.05) is 13.8 Å². The third kappa shape index (κ3) is 6.07. The standard InChI is InChI=1S/C22H25N3O6S/c1-3-29-18-13-12-16(15-19(18)30-4-2)21-24-25-22(31-21)23-20(26)11-8-14-32(27,28)17-9-6-5-7-10-17/h5-7,9-10,12-13,15H,3-4,8,11,14H2,1-2H3,(H,23,25,26). The summed E-state index contributed by atoms with van der Waals surface area (Å²) < 4.78 is 41.2. The second kappa shape index (κ2) is 10.8. The maximum absolute atomic E-state index is 12.3. The zero-order valence-electron chi connectivity index (χ0n) is 17.9. The van der Waals surface area contributed by atoms with E-state index in [2.05, 4.69) is 15.5 Å². The molecular formula is C22H25N3O6S. The number of hydrogen-bond donors (Lipinski definition) is 1. The second-order valence-electron chi connectivity index (χ2n) is 6.72. The lowest BCUT2D eigenvalue weighted by Crippen LogP contribution is -2.14. The number of amides is 1. The van der Waals surface area contributed by atoms with Gasteiger partial charge in [-0.05, 0) is 50.6 Å². The summed E-state index contributed by atoms with van der Waals surface area (Å²) in [6.07, 6.45) is 0.169. The lowest BCUT2D eigenvalue weighted by atomic mass is 10.2. The predicted octanol–water partition coefficient (Wildman–Crippen LogP) is 3.73. The number of carbonyl (C=O) groups excluding carboxylic acids is 1. The minimum absolute atomic E-state index is 0.00131. The molecule has 3 aromatic rings. The topological polar surface area (TPSA) is 121 Å². The molecule has 0 saturated heterocycles. The summed E-state index contributed by atoms with van der Waals surface area (Å²) in [5, 5.41) is 10.3. The van der Waals surface area contributed by atoms with E-state index in [-0.39, 0.29) is 35.4 Å². The Morgan fingerprint density at radius 2 is 1.72 bits per heavy atom. The van der Waals surface area contributed by atoms with Gasteiger partial charge in [-0.15, -0.1) is 5.10 Å². The molecule has 1 amide bonds. The van der Waals surface area contributed by atoms with E-state index in [0.29, 0.717) is 30.3 Å². The average Bonchev–Trinajstić information content (AvgIpc) is 3.24. The first kappa shape index (κ1) is 23.3. The van der Waals surface area contributed by atoms with Crippen LogP contribution in [0.4, 0.5) is 6.01 Å². The van der Waals surface area contributed by atoms with E-state index in [4.69, 9.17) is 13.9 Å². The van der Waals surface area contributed by atoms with Gasteiger partial charge in [0.25, 0.3) is 0 Å². The molecule has 0 fully saturated rings. The van der Waals surface area contributed by atoms with Crippen molar-refractivity contribution < 1.29 is 27.1 Å². The van der Waals surface area contributed by atoms with Crippen LogP contribution in [0.1, 0.15) is 26.7 Å². The first-order valence-electron chi connectivity index (χ1n) is 10.2. The number of ether oxygens (including phenoxy) is 2. The van der Waals surface area contributed by atoms with Gasteiger partial charge in [0, 0.05) is 12.0 Å². The molecule has 0 bridgehead atoms. The summed E-state index contributed by atoms with van der Waals surface area (Å²) in [5.74, 6) is 0.819. The monoisotopic (exact) mass is 459 g/mol. The maximum Gasteiger partial charge on any atom is 0.322 e. The molecule has 0 spiro atoms. The number of sulfone groups is 1. The summed E-state index contributed by atoms with van der Waals surface area (Å²) in [6, 6.07) is 13.3. The van der Waals surface area contributed by atoms with Crippen LogP contribution in [0.25, 0.3) is 11.5 Å². The third-order valence-electron chi connectivity index (χ3n) is 4.38. The predicted molar refractivity (Wildman–Crippen MR) is 118 cm³/mol. The molecule has 170 valence electrons. The highest BCUT2D eigenvalue weighted by Crippen LogP contribution is 2.32. The first-order chi connectivity index (χ1) is 15.4. The smallest absolute Gasteiger partial charge is 0.322 e. The van der Waals surface area contributed by atoms with Gasteiger partial charge in [-0.3, -0.25) is 10.1 Å². The van der Waals surface area contributed by atoms with Crippen molar-refractivity contribution in [1.29, 1.82) is 0 Å². The molecule has 1 aromatic heterocycles. The van der Waals surface area contributed by atoms with Crippen LogP contribution in [-0.2, 0) is 14.6 Å². The van der Waals surface area contributed by atoms with Crippen LogP contribution < -0.4 is 14.8 Å². The number of rotatable bonds is 11. The summed E-state index contributed by atoms with van der Waals surface area (Å²) in [5.41, 5.74) is 0.610. The molecule has 32 heavy (non-hydrogen) atoms. The van der Waals surface area contributed by atoms with Crippen molar-refractivity contribution >= 4 is 21.8 Å². The molecule has 9 nitrogen and oxygen atoms in total. The van der Waals surface area contributed by atoms with Gasteiger partial charge >= 0.3 is 6.01 Å². The summed E-state index contributed by atoms with van der Waals surface area (Å²) in [7, 11) is -3.43. The highest BCUT2D eigenvalue weighted by Gasteiger charge is 2.17. The Morgan fingerprint density at radius 1 is 1.00 bits per heavy atom. The van der Waals surface area contributed by atoms with E-state index in [1.54, 1.807) is 36.4 Å². The van der Waals surface area contributed by atoms with Gasteiger partial charge in [-0.25, -0.2) is 8.42 Å². The van der Waals surface area contributed by atoms with Crippen molar-refractivity contribution in [3.8, 4) is 23.0 Å². The fourth-order valence-electron chi connectivity index (χ4n) is 2.92. The van der Waals surface area contributed by atoms with E-state index < -0.39 is 15.7 Å². The van der Waals surface area contributed by atoms with Crippen molar-refractivity contribution in [3.63, 3.8) is 0 Å². The maximum atomic E-state index is 12.3. The molecule has 0 unspecified atom stereocenters. The Hall–Kier alpha value is -3.40. The number of benzene rings is 2. The largest absolute Gasteiger partial charge is 0.490 e. The van der Waals surface area contributed by atoms with E-state index in [9.17, 15) is 13.2 Å². The van der Waals surface area contributed by atoms with Crippen molar-refractivity contribution in [1.82, 2.24) is 10.2 Å². The van der Waals surface area contributed by atoms with Crippen LogP contribution in [0.3, 0.4) is 0 Å². The highest BCUT2D eigenvalue weighted by molar-refractivity contribution is 7.91. The molecule has 0 aliphatic heterocycles. The summed E-state index contributed by atoms with van der Waals surface area (Å²) >= 11 is 0. The Balaban J connectivity index is 1.58. The van der Waals surface area contributed by atoms with Gasteiger partial charge in [-0.1, -0.05) is 23.3 Å². The van der Waals surface area contributed by atoms with Crippen LogP contribution in [0, 0.1) is 0 Å². The van der Waals surface area contributed by atoms with Crippen LogP contribution in [0.15, 0.2) is 57.8 Å². The SMILES string of the molecule is CCOc1ccc(-c2nnc(NC(=O)CCCS(=O)(=O)c3ccccc3)o2)cc1OCC. The van der Waals surface area contributed by atoms with E-state index in [1.165, 1.54) is 12.1 Å². The fraction of sp³-hybridized carbons (Fsp3) is 0.318. The number of aromatic nitrogens is 2. The summed E-state index contributed by atoms with van der Waals surface area (Å²) in [6.45, 7) is 4.72. The fourth-order valence-corrected chi connectivity index (χ4v) is 4.26. The molecular weight excluding hydrogens is 434 g/mol. The minimum Gasteiger partial charge on any atom is -0.490 e. The van der Waals surface area contributed by atoms with Crippen LogP contribution in [0.2, 0.25) is 0 Å². The van der Waals surface area contributed by atoms with Crippen molar-refractivity contribution in [3.05, 3.63) is 48.5 Å². The zero-order chi connectivity index (χ0) is 23.0. The number of nitrogens with one attached hydrogen (secondary N) is 1. The Labute approximate surface area is 186 Å². The Morgan fingerprint density at radius 3 is 2.44 bits per heavy atom. The van der Waals surface area contributed by atoms with Crippen LogP contribution >= 0.6 is 0 Å². The normalized spacial score (nSPS) is 11.2. The molecule has 0 radical (unpaired) electrons. The number of nitrogens with zero attached hydrogens (tertiary/aromatic N) is 2. The molecule has 0 aliphatic carbocycles. The van der Waals surface area contributed by atoms with Crippen molar-refractivity contribution in [2.45, 2.75) is 31.6 Å². The van der Waals surface area contributed by atoms with E-state index >= 15 is 0 Å². The lowest BCUT2D eigenvalue weighted by Gasteiger charge is -2.11. The molecule has 0 saturated carbocycles. The van der Waals surface area contributed by atoms with Crippen molar-refractivity contribution in [2.75, 3.05) is 24.3 Å². The van der Waals surface area contributed by atoms with Gasteiger partial charge in [0.15, 0.2) is 21.3 Å². The summed E-state index contributed by atoms with van der Waals surface area (Å²) in [4.78, 5) is 12.4. The minimum atomic E-state index is -3.43. The first-order valence-corrected chi connectivity index (χ1v) is 11.9. The van der Waals surface area contributed by atoms with Crippen LogP contribution in [0.5, 0.6) is 11.5 Å². The van der Waals surface area contributed by atoms with Crippen molar-refractivity contribution in [2.24, 2.45) is 0 Å². The number of carbonyl (C=O) groups is 1. The van der Waals surface area contributed by atoms with Gasteiger partial charge in [0.05, 0.1) is 23.9 Å². The van der Waals surface area contributed by atoms with Gasteiger partial charge in [-0.2, -0.15) is 0 Å². The lowest BCUT2D eigenvalue weighted by molar-refractivity contribution is -0.116. The molecule has 1 N–H and O–H groups in total. The number of anilines is 1. The highest BCUT2D eigenvalue weighted by atomic mass is 32.2. The Bertz CT molecular complexity index is 1150. The zero-order valence-corrected chi connectivity index (χ0v) is 18.7. The Kier molecular flexibility index (Phi) is 7.82. The van der Waals surface area contributed by atoms with Gasteiger partial charge < -0.3 is 13.9 Å². The second-order valence-corrected chi connectivity index (χ2v) is 8.83. The molecule has 3 rings (SSSR count). The van der Waals surface area contributed by atoms with Gasteiger partial charge in [0.1, 0.15) is 0 Å². The quantitative estimate of drug-likeness (QED) is 0.460. The molecule has 10 heteroatoms. The third-order valence-corrected chi connectivity index (χ3v) is 6.20. The molecule has 0 aliphatic rings. The molecule has 0 atom stereocenters. The number of hydrogen-bond acceptors (Lipinski definition) is 8. The average molecular weight is 460 g/mol. The van der Waals surface area contributed by atoms with E-state index in [0.717, 1.165) is 0 Å². The van der Waals surface area contributed by atoms with Crippen LogP contribution in [-0.4, -0.2) is 43.5 Å².